The van der Waals surface area contributed by atoms with Crippen LogP contribution in [0.15, 0.2) is 97.1 Å². The van der Waals surface area contributed by atoms with E-state index in [1.807, 2.05) is 56.3 Å². The second kappa shape index (κ2) is 10.6. The molecule has 0 N–H and O–H groups in total. The van der Waals surface area contributed by atoms with Crippen LogP contribution in [0.5, 0.6) is 11.5 Å². The standard InChI is InChI=1S/C40H34F3NO3/c1-38(2)32-22-27(40(41,42)43)14-15-28(32)35-30-23-33(44-18-20-46-21-19-44)34(45-3)24-31(30)37-29(36(35)38)16-17-39(47-37,25-10-6-4-7-11-25)26-12-8-5-9-13-26/h4-17,22-24H,18-21H2,1-3H3. The van der Waals surface area contributed by atoms with Gasteiger partial charge in [0.15, 0.2) is 5.60 Å². The van der Waals surface area contributed by atoms with Crippen molar-refractivity contribution in [3.05, 3.63) is 130 Å². The Kier molecular flexibility index (Phi) is 6.71. The normalized spacial score (nSPS) is 17.5. The van der Waals surface area contributed by atoms with Crippen LogP contribution in [0.2, 0.25) is 0 Å². The molecule has 0 atom stereocenters. The first-order valence-electron chi connectivity index (χ1n) is 15.9. The first-order chi connectivity index (χ1) is 22.6. The van der Waals surface area contributed by atoms with E-state index in [2.05, 4.69) is 47.4 Å². The Morgan fingerprint density at radius 2 is 1.47 bits per heavy atom. The van der Waals surface area contributed by atoms with Gasteiger partial charge in [0.1, 0.15) is 11.5 Å². The van der Waals surface area contributed by atoms with Crippen molar-refractivity contribution < 1.29 is 27.4 Å². The van der Waals surface area contributed by atoms with Crippen LogP contribution >= 0.6 is 0 Å². The maximum atomic E-state index is 14.1. The molecule has 1 aliphatic carbocycles. The zero-order valence-electron chi connectivity index (χ0n) is 26.4. The first kappa shape index (κ1) is 29.6. The number of hydrogen-bond acceptors (Lipinski definition) is 4. The maximum absolute atomic E-state index is 14.1. The number of methoxy groups -OCH3 is 1. The molecule has 7 heteroatoms. The van der Waals surface area contributed by atoms with Crippen molar-refractivity contribution in [2.24, 2.45) is 0 Å². The number of hydrogen-bond donors (Lipinski definition) is 0. The summed E-state index contributed by atoms with van der Waals surface area (Å²) in [5, 5.41) is 1.76. The minimum atomic E-state index is -4.45. The molecule has 0 radical (unpaired) electrons. The number of halogens is 3. The van der Waals surface area contributed by atoms with Crippen molar-refractivity contribution in [1.29, 1.82) is 0 Å². The van der Waals surface area contributed by atoms with Crippen LogP contribution in [0.3, 0.4) is 0 Å². The Labute approximate surface area is 272 Å². The van der Waals surface area contributed by atoms with Gasteiger partial charge in [0.2, 0.25) is 0 Å². The zero-order valence-corrected chi connectivity index (χ0v) is 26.4. The van der Waals surface area contributed by atoms with E-state index in [0.717, 1.165) is 49.8 Å². The Hall–Kier alpha value is -4.75. The van der Waals surface area contributed by atoms with E-state index in [-0.39, 0.29) is 0 Å². The van der Waals surface area contributed by atoms with Crippen molar-refractivity contribution in [2.45, 2.75) is 31.0 Å². The number of ether oxygens (including phenoxy) is 3. The van der Waals surface area contributed by atoms with Gasteiger partial charge in [-0.25, -0.2) is 0 Å². The second-order valence-corrected chi connectivity index (χ2v) is 12.9. The third-order valence-electron chi connectivity index (χ3n) is 10.0. The number of nitrogens with zero attached hydrogens (tertiary/aromatic N) is 1. The summed E-state index contributed by atoms with van der Waals surface area (Å²) in [6.45, 7) is 6.64. The quantitative estimate of drug-likeness (QED) is 0.197. The molecule has 0 saturated carbocycles. The van der Waals surface area contributed by atoms with Gasteiger partial charge in [-0.05, 0) is 58.0 Å². The summed E-state index contributed by atoms with van der Waals surface area (Å²) in [5.41, 5.74) is 4.75. The van der Waals surface area contributed by atoms with Gasteiger partial charge in [-0.3, -0.25) is 0 Å². The molecule has 4 nitrogen and oxygen atoms in total. The largest absolute Gasteiger partial charge is 0.495 e. The fourth-order valence-electron chi connectivity index (χ4n) is 7.74. The van der Waals surface area contributed by atoms with E-state index in [1.165, 1.54) is 12.1 Å². The predicted molar refractivity (Wildman–Crippen MR) is 179 cm³/mol. The molecule has 1 fully saturated rings. The van der Waals surface area contributed by atoms with Gasteiger partial charge in [-0.1, -0.05) is 86.7 Å². The number of benzene rings is 5. The number of rotatable bonds is 4. The van der Waals surface area contributed by atoms with Crippen LogP contribution in [0.25, 0.3) is 28.0 Å². The highest BCUT2D eigenvalue weighted by atomic mass is 19.4. The molecule has 0 spiro atoms. The van der Waals surface area contributed by atoms with E-state index in [9.17, 15) is 13.2 Å². The highest BCUT2D eigenvalue weighted by Gasteiger charge is 2.45. The highest BCUT2D eigenvalue weighted by molar-refractivity contribution is 6.10. The van der Waals surface area contributed by atoms with Gasteiger partial charge in [0.05, 0.1) is 31.6 Å². The van der Waals surface area contributed by atoms with E-state index < -0.39 is 22.8 Å². The monoisotopic (exact) mass is 633 g/mol. The third kappa shape index (κ3) is 4.47. The SMILES string of the molecule is COc1cc2c3c(c4c(c2cc1N1CCOCC1)-c1ccc(C(F)(F)F)cc1C4(C)C)C=CC(c1ccccc1)(c1ccccc1)O3. The van der Waals surface area contributed by atoms with Crippen LogP contribution < -0.4 is 14.4 Å². The summed E-state index contributed by atoms with van der Waals surface area (Å²) in [7, 11) is 1.67. The molecule has 0 unspecified atom stereocenters. The molecule has 8 rings (SSSR count). The Bertz CT molecular complexity index is 2010. The average molecular weight is 634 g/mol. The van der Waals surface area contributed by atoms with Gasteiger partial charge >= 0.3 is 6.18 Å². The molecule has 5 aromatic carbocycles. The molecular weight excluding hydrogens is 599 g/mol. The summed E-state index contributed by atoms with van der Waals surface area (Å²) in [6.07, 6.45) is -0.254. The molecule has 2 heterocycles. The maximum Gasteiger partial charge on any atom is 0.416 e. The third-order valence-corrected chi connectivity index (χ3v) is 10.0. The van der Waals surface area contributed by atoms with Crippen molar-refractivity contribution in [2.75, 3.05) is 38.3 Å². The van der Waals surface area contributed by atoms with Gasteiger partial charge < -0.3 is 19.1 Å². The molecule has 5 aromatic rings. The van der Waals surface area contributed by atoms with Gasteiger partial charge in [0, 0.05) is 40.6 Å². The van der Waals surface area contributed by atoms with Crippen LogP contribution in [-0.2, 0) is 21.9 Å². The molecule has 47 heavy (non-hydrogen) atoms. The number of fused-ring (bicyclic) bond motifs is 8. The summed E-state index contributed by atoms with van der Waals surface area (Å²) >= 11 is 0. The van der Waals surface area contributed by atoms with Crippen LogP contribution in [0.4, 0.5) is 18.9 Å². The summed E-state index contributed by atoms with van der Waals surface area (Å²) in [6, 6.07) is 28.6. The lowest BCUT2D eigenvalue weighted by molar-refractivity contribution is -0.137. The summed E-state index contributed by atoms with van der Waals surface area (Å²) < 4.78 is 61.2. The zero-order chi connectivity index (χ0) is 32.6. The Morgan fingerprint density at radius 3 is 2.09 bits per heavy atom. The smallest absolute Gasteiger partial charge is 0.416 e. The summed E-state index contributed by atoms with van der Waals surface area (Å²) in [4.78, 5) is 2.25. The van der Waals surface area contributed by atoms with Gasteiger partial charge in [0.25, 0.3) is 0 Å². The highest BCUT2D eigenvalue weighted by Crippen LogP contribution is 2.59. The van der Waals surface area contributed by atoms with E-state index in [4.69, 9.17) is 14.2 Å². The van der Waals surface area contributed by atoms with Crippen molar-refractivity contribution >= 4 is 22.5 Å². The fourth-order valence-corrected chi connectivity index (χ4v) is 7.74. The van der Waals surface area contributed by atoms with Crippen LogP contribution in [0.1, 0.15) is 47.2 Å². The second-order valence-electron chi connectivity index (χ2n) is 12.9. The Balaban J connectivity index is 1.46. The topological polar surface area (TPSA) is 30.9 Å². The van der Waals surface area contributed by atoms with Gasteiger partial charge in [-0.15, -0.1) is 0 Å². The molecular formula is C40H34F3NO3. The molecule has 2 aliphatic heterocycles. The van der Waals surface area contributed by atoms with E-state index >= 15 is 0 Å². The van der Waals surface area contributed by atoms with E-state index in [0.29, 0.717) is 43.4 Å². The van der Waals surface area contributed by atoms with Crippen molar-refractivity contribution in [3.63, 3.8) is 0 Å². The lowest BCUT2D eigenvalue weighted by Crippen LogP contribution is -2.36. The lowest BCUT2D eigenvalue weighted by Gasteiger charge is -2.38. The van der Waals surface area contributed by atoms with Crippen LogP contribution in [0, 0.1) is 0 Å². The minimum absolute atomic E-state index is 0.601. The average Bonchev–Trinajstić information content (AvgIpc) is 3.34. The van der Waals surface area contributed by atoms with E-state index in [1.54, 1.807) is 13.2 Å². The minimum Gasteiger partial charge on any atom is -0.495 e. The van der Waals surface area contributed by atoms with Crippen molar-refractivity contribution in [3.8, 4) is 22.6 Å². The molecule has 0 bridgehead atoms. The number of morpholine rings is 1. The fraction of sp³-hybridized carbons (Fsp3) is 0.250. The lowest BCUT2D eigenvalue weighted by atomic mass is 9.76. The van der Waals surface area contributed by atoms with Gasteiger partial charge in [-0.2, -0.15) is 13.2 Å². The Morgan fingerprint density at radius 1 is 0.809 bits per heavy atom. The predicted octanol–water partition coefficient (Wildman–Crippen LogP) is 9.36. The van der Waals surface area contributed by atoms with Crippen LogP contribution in [-0.4, -0.2) is 33.4 Å². The molecule has 1 saturated heterocycles. The molecule has 238 valence electrons. The molecule has 0 aromatic heterocycles. The summed E-state index contributed by atoms with van der Waals surface area (Å²) in [5.74, 6) is 1.38. The number of anilines is 1. The first-order valence-corrected chi connectivity index (χ1v) is 15.9. The number of alkyl halides is 3. The molecule has 0 amide bonds. The molecule has 3 aliphatic rings. The van der Waals surface area contributed by atoms with Crippen molar-refractivity contribution in [1.82, 2.24) is 0 Å².